The third-order valence-electron chi connectivity index (χ3n) is 2.26. The number of nitrogens with zero attached hydrogens (tertiary/aromatic N) is 4. The average molecular weight is 222 g/mol. The molecule has 86 valence electrons. The summed E-state index contributed by atoms with van der Waals surface area (Å²) in [7, 11) is 0. The predicted molar refractivity (Wildman–Crippen MR) is 57.1 cm³/mol. The van der Waals surface area contributed by atoms with Crippen LogP contribution in [-0.2, 0) is 13.1 Å². The Kier molecular flexibility index (Phi) is 2.89. The number of aryl methyl sites for hydroxylation is 2. The molecule has 0 N–H and O–H groups in total. The van der Waals surface area contributed by atoms with E-state index in [1.54, 1.807) is 28.5 Å². The molecule has 0 bridgehead atoms. The molecule has 0 spiro atoms. The van der Waals surface area contributed by atoms with E-state index in [4.69, 9.17) is 4.52 Å². The highest BCUT2D eigenvalue weighted by Crippen LogP contribution is 1.98. The monoisotopic (exact) mass is 222 g/mol. The lowest BCUT2D eigenvalue weighted by atomic mass is 10.5. The first-order valence-corrected chi connectivity index (χ1v) is 5.25. The predicted octanol–water partition coefficient (Wildman–Crippen LogP) is 0.800. The van der Waals surface area contributed by atoms with E-state index in [0.29, 0.717) is 18.3 Å². The van der Waals surface area contributed by atoms with Gasteiger partial charge in [0.05, 0.1) is 0 Å². The van der Waals surface area contributed by atoms with E-state index >= 15 is 0 Å². The summed E-state index contributed by atoms with van der Waals surface area (Å²) in [5.74, 6) is 1.03. The first-order valence-electron chi connectivity index (χ1n) is 5.25. The topological polar surface area (TPSA) is 65.8 Å². The van der Waals surface area contributed by atoms with Gasteiger partial charge >= 0.3 is 5.69 Å². The molecule has 6 nitrogen and oxygen atoms in total. The molecule has 0 radical (unpaired) electrons. The summed E-state index contributed by atoms with van der Waals surface area (Å²) in [5.41, 5.74) is -0.0438. The fourth-order valence-corrected chi connectivity index (χ4v) is 1.53. The van der Waals surface area contributed by atoms with Crippen molar-refractivity contribution in [3.8, 4) is 0 Å². The van der Waals surface area contributed by atoms with Gasteiger partial charge in [0.1, 0.15) is 6.54 Å². The first-order chi connectivity index (χ1) is 7.70. The Morgan fingerprint density at radius 3 is 2.75 bits per heavy atom. The molecule has 0 aliphatic heterocycles. The number of hydrogen-bond acceptors (Lipinski definition) is 4. The van der Waals surface area contributed by atoms with Crippen molar-refractivity contribution in [1.29, 1.82) is 0 Å². The van der Waals surface area contributed by atoms with Crippen molar-refractivity contribution in [3.05, 3.63) is 34.6 Å². The van der Waals surface area contributed by atoms with Crippen molar-refractivity contribution in [2.24, 2.45) is 0 Å². The van der Waals surface area contributed by atoms with Crippen LogP contribution < -0.4 is 5.69 Å². The van der Waals surface area contributed by atoms with Gasteiger partial charge in [0.25, 0.3) is 0 Å². The van der Waals surface area contributed by atoms with Crippen LogP contribution in [0.3, 0.4) is 0 Å². The molecule has 0 saturated heterocycles. The van der Waals surface area contributed by atoms with Crippen molar-refractivity contribution < 1.29 is 4.52 Å². The van der Waals surface area contributed by atoms with E-state index in [2.05, 4.69) is 10.1 Å². The van der Waals surface area contributed by atoms with E-state index in [0.717, 1.165) is 13.0 Å². The van der Waals surface area contributed by atoms with Crippen molar-refractivity contribution in [2.75, 3.05) is 0 Å². The van der Waals surface area contributed by atoms with Crippen LogP contribution in [0.25, 0.3) is 0 Å². The van der Waals surface area contributed by atoms with Gasteiger partial charge in [-0.2, -0.15) is 4.98 Å². The molecule has 16 heavy (non-hydrogen) atoms. The molecule has 0 unspecified atom stereocenters. The Balaban J connectivity index is 2.19. The fraction of sp³-hybridized carbons (Fsp3) is 0.500. The van der Waals surface area contributed by atoms with Crippen LogP contribution in [-0.4, -0.2) is 19.3 Å². The summed E-state index contributed by atoms with van der Waals surface area (Å²) in [6.45, 7) is 4.84. The number of aromatic nitrogens is 4. The molecule has 0 fully saturated rings. The van der Waals surface area contributed by atoms with Crippen LogP contribution in [0.4, 0.5) is 0 Å². The third kappa shape index (κ3) is 2.05. The molecule has 6 heteroatoms. The summed E-state index contributed by atoms with van der Waals surface area (Å²) in [4.78, 5) is 15.9. The van der Waals surface area contributed by atoms with Crippen LogP contribution in [0.15, 0.2) is 21.7 Å². The number of hydrogen-bond donors (Lipinski definition) is 0. The molecule has 2 rings (SSSR count). The van der Waals surface area contributed by atoms with Crippen LogP contribution in [0.2, 0.25) is 0 Å². The molecule has 0 saturated carbocycles. The Morgan fingerprint density at radius 1 is 1.38 bits per heavy atom. The smallest absolute Gasteiger partial charge is 0.328 e. The normalized spacial score (nSPS) is 10.9. The summed E-state index contributed by atoms with van der Waals surface area (Å²) in [6, 6.07) is 0. The Morgan fingerprint density at radius 2 is 2.12 bits per heavy atom. The molecule has 2 heterocycles. The van der Waals surface area contributed by atoms with E-state index in [-0.39, 0.29) is 5.69 Å². The molecular formula is C10H14N4O2. The maximum atomic E-state index is 11.8. The van der Waals surface area contributed by atoms with E-state index in [1.807, 2.05) is 6.92 Å². The van der Waals surface area contributed by atoms with Crippen LogP contribution in [0.1, 0.15) is 25.1 Å². The van der Waals surface area contributed by atoms with E-state index in [1.165, 1.54) is 0 Å². The Labute approximate surface area is 92.5 Å². The maximum Gasteiger partial charge on any atom is 0.328 e. The second-order valence-corrected chi connectivity index (χ2v) is 3.64. The molecule has 0 aromatic carbocycles. The van der Waals surface area contributed by atoms with Crippen molar-refractivity contribution in [2.45, 2.75) is 33.4 Å². The Bertz CT molecular complexity index is 523. The highest BCUT2D eigenvalue weighted by atomic mass is 16.5. The highest BCUT2D eigenvalue weighted by Gasteiger charge is 2.07. The number of rotatable bonds is 4. The zero-order valence-electron chi connectivity index (χ0n) is 9.38. The van der Waals surface area contributed by atoms with E-state index < -0.39 is 0 Å². The van der Waals surface area contributed by atoms with Crippen molar-refractivity contribution in [3.63, 3.8) is 0 Å². The quantitative estimate of drug-likeness (QED) is 0.767. The fourth-order valence-electron chi connectivity index (χ4n) is 1.53. The van der Waals surface area contributed by atoms with Crippen LogP contribution in [0.5, 0.6) is 0 Å². The molecule has 0 aliphatic rings. The van der Waals surface area contributed by atoms with Crippen LogP contribution in [0, 0.1) is 6.92 Å². The lowest BCUT2D eigenvalue weighted by Gasteiger charge is -1.97. The largest absolute Gasteiger partial charge is 0.337 e. The van der Waals surface area contributed by atoms with Gasteiger partial charge in [-0.25, -0.2) is 4.79 Å². The zero-order valence-corrected chi connectivity index (χ0v) is 9.38. The lowest BCUT2D eigenvalue weighted by molar-refractivity contribution is 0.365. The molecule has 0 atom stereocenters. The highest BCUT2D eigenvalue weighted by molar-refractivity contribution is 4.88. The summed E-state index contributed by atoms with van der Waals surface area (Å²) < 4.78 is 8.19. The van der Waals surface area contributed by atoms with E-state index in [9.17, 15) is 4.79 Å². The summed E-state index contributed by atoms with van der Waals surface area (Å²) in [5, 5.41) is 3.68. The van der Waals surface area contributed by atoms with Gasteiger partial charge in [-0.15, -0.1) is 0 Å². The summed E-state index contributed by atoms with van der Waals surface area (Å²) >= 11 is 0. The van der Waals surface area contributed by atoms with Crippen LogP contribution >= 0.6 is 0 Å². The maximum absolute atomic E-state index is 11.8. The SMILES string of the molecule is CCCn1ccn(Cc2nc(C)no2)c1=O. The molecule has 2 aromatic rings. The van der Waals surface area contributed by atoms with Gasteiger partial charge in [0.15, 0.2) is 5.82 Å². The Hall–Kier alpha value is -1.85. The number of imidazole rings is 1. The molecule has 0 amide bonds. The molecular weight excluding hydrogens is 208 g/mol. The minimum atomic E-state index is -0.0438. The second-order valence-electron chi connectivity index (χ2n) is 3.64. The third-order valence-corrected chi connectivity index (χ3v) is 2.26. The minimum absolute atomic E-state index is 0.0438. The van der Waals surface area contributed by atoms with Gasteiger partial charge in [-0.1, -0.05) is 12.1 Å². The lowest BCUT2D eigenvalue weighted by Crippen LogP contribution is -2.24. The first kappa shape index (κ1) is 10.7. The van der Waals surface area contributed by atoms with Crippen molar-refractivity contribution in [1.82, 2.24) is 19.3 Å². The standard InChI is InChI=1S/C10H14N4O2/c1-3-4-13-5-6-14(10(13)15)7-9-11-8(2)12-16-9/h5-6H,3-4,7H2,1-2H3. The van der Waals surface area contributed by atoms with Gasteiger partial charge in [-0.3, -0.25) is 9.13 Å². The summed E-state index contributed by atoms with van der Waals surface area (Å²) in [6.07, 6.45) is 4.44. The minimum Gasteiger partial charge on any atom is -0.337 e. The van der Waals surface area contributed by atoms with Gasteiger partial charge in [-0.05, 0) is 13.3 Å². The second kappa shape index (κ2) is 4.34. The van der Waals surface area contributed by atoms with Gasteiger partial charge < -0.3 is 4.52 Å². The molecule has 0 aliphatic carbocycles. The average Bonchev–Trinajstić information content (AvgIpc) is 2.80. The molecule has 2 aromatic heterocycles. The van der Waals surface area contributed by atoms with Gasteiger partial charge in [0.2, 0.25) is 5.89 Å². The van der Waals surface area contributed by atoms with Crippen molar-refractivity contribution >= 4 is 0 Å². The van der Waals surface area contributed by atoms with Gasteiger partial charge in [0, 0.05) is 18.9 Å². The zero-order chi connectivity index (χ0) is 11.5.